The van der Waals surface area contributed by atoms with Gasteiger partial charge in [0.1, 0.15) is 11.1 Å². The number of nitrogens with zero attached hydrogens (tertiary/aromatic N) is 2. The van der Waals surface area contributed by atoms with E-state index >= 15 is 0 Å². The van der Waals surface area contributed by atoms with Crippen molar-refractivity contribution in [1.82, 2.24) is 15.5 Å². The average molecular weight is 327 g/mol. The molecule has 120 valence electrons. The van der Waals surface area contributed by atoms with Crippen LogP contribution < -0.4 is 15.8 Å². The van der Waals surface area contributed by atoms with Crippen LogP contribution in [0.1, 0.15) is 32.1 Å². The van der Waals surface area contributed by atoms with Crippen molar-refractivity contribution in [2.24, 2.45) is 0 Å². The molecule has 0 spiro atoms. The van der Waals surface area contributed by atoms with Crippen molar-refractivity contribution in [2.45, 2.75) is 44.2 Å². The Morgan fingerprint density at radius 2 is 2.18 bits per heavy atom. The fourth-order valence-electron chi connectivity index (χ4n) is 3.06. The van der Waals surface area contributed by atoms with Crippen molar-refractivity contribution in [3.63, 3.8) is 0 Å². The summed E-state index contributed by atoms with van der Waals surface area (Å²) in [6.07, 6.45) is 6.06. The number of H-pyrrole nitrogens is 1. The first-order chi connectivity index (χ1) is 10.6. The van der Waals surface area contributed by atoms with E-state index in [-0.39, 0.29) is 23.3 Å². The Morgan fingerprint density at radius 3 is 2.95 bits per heavy atom. The molecule has 1 aromatic rings. The van der Waals surface area contributed by atoms with Crippen molar-refractivity contribution < 1.29 is 9.53 Å². The number of amides is 1. The largest absolute Gasteiger partial charge is 0.444 e. The third kappa shape index (κ3) is 3.35. The molecule has 0 aromatic carbocycles. The van der Waals surface area contributed by atoms with Gasteiger partial charge in [-0.3, -0.25) is 4.79 Å². The first-order valence-corrected chi connectivity index (χ1v) is 7.96. The second-order valence-electron chi connectivity index (χ2n) is 5.79. The van der Waals surface area contributed by atoms with Gasteiger partial charge >= 0.3 is 6.09 Å². The lowest BCUT2D eigenvalue weighted by atomic mass is 10.3. The molecule has 1 saturated carbocycles. The van der Waals surface area contributed by atoms with Crippen LogP contribution in [0.4, 0.5) is 10.5 Å². The Morgan fingerprint density at radius 1 is 1.41 bits per heavy atom. The van der Waals surface area contributed by atoms with E-state index in [9.17, 15) is 9.59 Å². The maximum absolute atomic E-state index is 11.9. The Balaban J connectivity index is 1.54. The van der Waals surface area contributed by atoms with Gasteiger partial charge < -0.3 is 15.0 Å². The van der Waals surface area contributed by atoms with E-state index in [4.69, 9.17) is 16.3 Å². The van der Waals surface area contributed by atoms with Crippen LogP contribution in [0.25, 0.3) is 0 Å². The van der Waals surface area contributed by atoms with Crippen molar-refractivity contribution >= 4 is 23.4 Å². The molecule has 2 aliphatic rings. The highest BCUT2D eigenvalue weighted by atomic mass is 35.5. The van der Waals surface area contributed by atoms with E-state index in [2.05, 4.69) is 15.5 Å². The van der Waals surface area contributed by atoms with Crippen molar-refractivity contribution in [1.29, 1.82) is 0 Å². The van der Waals surface area contributed by atoms with E-state index in [0.717, 1.165) is 25.7 Å². The summed E-state index contributed by atoms with van der Waals surface area (Å²) in [6, 6.07) is 0.247. The summed E-state index contributed by atoms with van der Waals surface area (Å²) < 4.78 is 5.45. The summed E-state index contributed by atoms with van der Waals surface area (Å²) in [5.74, 6) is 0. The van der Waals surface area contributed by atoms with E-state index in [1.807, 2.05) is 4.90 Å². The van der Waals surface area contributed by atoms with Gasteiger partial charge in [0, 0.05) is 19.0 Å². The number of ether oxygens (including phenoxy) is 1. The van der Waals surface area contributed by atoms with E-state index in [1.54, 1.807) is 0 Å². The third-order valence-electron chi connectivity index (χ3n) is 4.21. The first-order valence-electron chi connectivity index (χ1n) is 7.59. The number of hydrogen-bond donors (Lipinski definition) is 2. The zero-order chi connectivity index (χ0) is 15.5. The number of hydrogen-bond acceptors (Lipinski definition) is 5. The fraction of sp³-hybridized carbons (Fsp3) is 0.643. The van der Waals surface area contributed by atoms with E-state index in [1.165, 1.54) is 6.20 Å². The minimum absolute atomic E-state index is 0.117. The summed E-state index contributed by atoms with van der Waals surface area (Å²) >= 11 is 5.99. The highest BCUT2D eigenvalue weighted by molar-refractivity contribution is 6.33. The van der Waals surface area contributed by atoms with E-state index < -0.39 is 5.56 Å². The molecular weight excluding hydrogens is 308 g/mol. The van der Waals surface area contributed by atoms with Gasteiger partial charge in [0.2, 0.25) is 0 Å². The maximum atomic E-state index is 11.9. The summed E-state index contributed by atoms with van der Waals surface area (Å²) in [6.45, 7) is 1.19. The lowest BCUT2D eigenvalue weighted by Crippen LogP contribution is -2.36. The van der Waals surface area contributed by atoms with Crippen LogP contribution in [-0.4, -0.2) is 41.5 Å². The molecule has 1 aliphatic carbocycles. The molecular formula is C14H19ClN4O3. The number of anilines is 1. The van der Waals surface area contributed by atoms with Crippen LogP contribution >= 0.6 is 11.6 Å². The molecule has 8 heteroatoms. The highest BCUT2D eigenvalue weighted by Crippen LogP contribution is 2.26. The van der Waals surface area contributed by atoms with Crippen LogP contribution in [0.15, 0.2) is 11.0 Å². The molecule has 1 aliphatic heterocycles. The smallest absolute Gasteiger partial charge is 0.407 e. The predicted molar refractivity (Wildman–Crippen MR) is 82.4 cm³/mol. The van der Waals surface area contributed by atoms with Crippen molar-refractivity contribution in [3.8, 4) is 0 Å². The number of carbonyl (C=O) groups excluding carboxylic acids is 1. The minimum atomic E-state index is -0.414. The monoisotopic (exact) mass is 326 g/mol. The van der Waals surface area contributed by atoms with Crippen LogP contribution in [-0.2, 0) is 4.74 Å². The third-order valence-corrected chi connectivity index (χ3v) is 4.58. The van der Waals surface area contributed by atoms with Crippen LogP contribution in [0.5, 0.6) is 0 Å². The maximum Gasteiger partial charge on any atom is 0.407 e. The number of aromatic amines is 1. The number of alkyl carbamates (subject to hydrolysis) is 1. The summed E-state index contributed by atoms with van der Waals surface area (Å²) in [5, 5.41) is 9.07. The Labute approximate surface area is 133 Å². The normalized spacial score (nSPS) is 22.0. The molecule has 7 nitrogen and oxygen atoms in total. The molecule has 1 amide bonds. The van der Waals surface area contributed by atoms with Gasteiger partial charge in [-0.15, -0.1) is 0 Å². The van der Waals surface area contributed by atoms with Gasteiger partial charge in [-0.1, -0.05) is 24.4 Å². The van der Waals surface area contributed by atoms with Gasteiger partial charge in [-0.05, 0) is 12.8 Å². The molecule has 1 saturated heterocycles. The van der Waals surface area contributed by atoms with Gasteiger partial charge in [-0.25, -0.2) is 9.89 Å². The SMILES string of the molecule is O=C(NC1CCCC1)OC1CCN(c2cn[nH]c(=O)c2Cl)C1. The minimum Gasteiger partial charge on any atom is -0.444 e. The Bertz CT molecular complexity index is 600. The molecule has 1 unspecified atom stereocenters. The number of halogens is 1. The molecule has 1 atom stereocenters. The molecule has 22 heavy (non-hydrogen) atoms. The summed E-state index contributed by atoms with van der Waals surface area (Å²) in [7, 11) is 0. The lowest BCUT2D eigenvalue weighted by Gasteiger charge is -2.19. The molecule has 1 aromatic heterocycles. The summed E-state index contributed by atoms with van der Waals surface area (Å²) in [4.78, 5) is 25.3. The zero-order valence-corrected chi connectivity index (χ0v) is 12.9. The average Bonchev–Trinajstić information content (AvgIpc) is 3.14. The number of carbonyl (C=O) groups is 1. The second kappa shape index (κ2) is 6.56. The molecule has 2 N–H and O–H groups in total. The topological polar surface area (TPSA) is 87.3 Å². The predicted octanol–water partition coefficient (Wildman–Crippen LogP) is 1.67. The zero-order valence-electron chi connectivity index (χ0n) is 12.2. The highest BCUT2D eigenvalue weighted by Gasteiger charge is 2.28. The van der Waals surface area contributed by atoms with Gasteiger partial charge in [-0.2, -0.15) is 5.10 Å². The molecule has 3 rings (SSSR count). The van der Waals surface area contributed by atoms with Crippen LogP contribution in [0.2, 0.25) is 5.02 Å². The number of aromatic nitrogens is 2. The molecule has 0 radical (unpaired) electrons. The number of nitrogens with one attached hydrogen (secondary N) is 2. The standard InChI is InChI=1S/C14H19ClN4O3/c15-12-11(7-16-18-13(12)20)19-6-5-10(8-19)22-14(21)17-9-3-1-2-4-9/h7,9-10H,1-6,8H2,(H,17,21)(H,18,20). The van der Waals surface area contributed by atoms with Gasteiger partial charge in [0.05, 0.1) is 18.4 Å². The van der Waals surface area contributed by atoms with Gasteiger partial charge in [0.15, 0.2) is 0 Å². The van der Waals surface area contributed by atoms with Crippen LogP contribution in [0.3, 0.4) is 0 Å². The van der Waals surface area contributed by atoms with Crippen molar-refractivity contribution in [2.75, 3.05) is 18.0 Å². The molecule has 2 heterocycles. The van der Waals surface area contributed by atoms with Crippen LogP contribution in [0, 0.1) is 0 Å². The quantitative estimate of drug-likeness (QED) is 0.882. The Kier molecular flexibility index (Phi) is 4.52. The fourth-order valence-corrected chi connectivity index (χ4v) is 3.27. The molecule has 0 bridgehead atoms. The van der Waals surface area contributed by atoms with E-state index in [0.29, 0.717) is 25.2 Å². The van der Waals surface area contributed by atoms with Gasteiger partial charge in [0.25, 0.3) is 5.56 Å². The lowest BCUT2D eigenvalue weighted by molar-refractivity contribution is 0.105. The second-order valence-corrected chi connectivity index (χ2v) is 6.16. The Hall–Kier alpha value is -1.76. The molecule has 2 fully saturated rings. The van der Waals surface area contributed by atoms with Crippen molar-refractivity contribution in [3.05, 3.63) is 21.6 Å². The number of rotatable bonds is 3. The first kappa shape index (κ1) is 15.1. The summed E-state index contributed by atoms with van der Waals surface area (Å²) in [5.41, 5.74) is 0.162.